The Morgan fingerprint density at radius 1 is 1.23 bits per heavy atom. The maximum atomic E-state index is 13.1. The molecule has 0 unspecified atom stereocenters. The van der Waals surface area contributed by atoms with Gasteiger partial charge in [0, 0.05) is 18.0 Å². The molecule has 0 spiro atoms. The van der Waals surface area contributed by atoms with Gasteiger partial charge in [0.2, 0.25) is 11.0 Å². The van der Waals surface area contributed by atoms with Gasteiger partial charge >= 0.3 is 6.18 Å². The number of hydrogen-bond donors (Lipinski definition) is 1. The van der Waals surface area contributed by atoms with Crippen molar-refractivity contribution in [2.75, 3.05) is 5.32 Å². The second kappa shape index (κ2) is 5.31. The van der Waals surface area contributed by atoms with Gasteiger partial charge in [-0.1, -0.05) is 17.8 Å². The maximum absolute atomic E-state index is 13.1. The molecule has 1 amide bonds. The van der Waals surface area contributed by atoms with Gasteiger partial charge in [-0.3, -0.25) is 15.1 Å². The molecule has 116 valence electrons. The number of nitrogens with one attached hydrogen (secondary N) is 1. The number of nitrogens with zero attached hydrogens (tertiary/aromatic N) is 3. The predicted molar refractivity (Wildman–Crippen MR) is 74.1 cm³/mol. The van der Waals surface area contributed by atoms with Crippen LogP contribution in [0.4, 0.5) is 18.3 Å². The van der Waals surface area contributed by atoms with E-state index in [9.17, 15) is 18.0 Å². The Morgan fingerprint density at radius 3 is 2.45 bits per heavy atom. The summed E-state index contributed by atoms with van der Waals surface area (Å²) in [5.74, 6) is -1.05. The van der Waals surface area contributed by atoms with Crippen LogP contribution < -0.4 is 5.32 Å². The van der Waals surface area contributed by atoms with E-state index in [1.807, 2.05) is 0 Å². The molecule has 1 fully saturated rings. The molecule has 1 N–H and O–H groups in total. The van der Waals surface area contributed by atoms with Gasteiger partial charge in [0.1, 0.15) is 10.4 Å². The van der Waals surface area contributed by atoms with Crippen LogP contribution in [0.5, 0.6) is 0 Å². The number of halogens is 3. The summed E-state index contributed by atoms with van der Waals surface area (Å²) in [6.45, 7) is 0. The van der Waals surface area contributed by atoms with E-state index < -0.39 is 17.5 Å². The van der Waals surface area contributed by atoms with Gasteiger partial charge in [-0.15, -0.1) is 10.2 Å². The zero-order valence-electron chi connectivity index (χ0n) is 11.2. The van der Waals surface area contributed by atoms with Crippen LogP contribution in [0.1, 0.15) is 19.3 Å². The van der Waals surface area contributed by atoms with Gasteiger partial charge in [0.05, 0.1) is 0 Å². The number of alkyl halides is 3. The van der Waals surface area contributed by atoms with Crippen LogP contribution in [0, 0.1) is 5.41 Å². The van der Waals surface area contributed by atoms with Crippen molar-refractivity contribution in [2.24, 2.45) is 5.41 Å². The first-order valence-electron chi connectivity index (χ1n) is 6.54. The molecule has 2 aromatic rings. The van der Waals surface area contributed by atoms with Gasteiger partial charge in [-0.05, 0) is 25.0 Å². The molecule has 5 nitrogen and oxygen atoms in total. The zero-order chi connectivity index (χ0) is 15.8. The van der Waals surface area contributed by atoms with Gasteiger partial charge in [0.25, 0.3) is 0 Å². The molecule has 0 aromatic carbocycles. The Balaban J connectivity index is 1.77. The molecule has 22 heavy (non-hydrogen) atoms. The van der Waals surface area contributed by atoms with E-state index in [2.05, 4.69) is 20.5 Å². The first-order chi connectivity index (χ1) is 10.4. The molecule has 0 aliphatic heterocycles. The summed E-state index contributed by atoms with van der Waals surface area (Å²) >= 11 is 1.03. The number of carbonyl (C=O) groups is 1. The molecule has 1 aliphatic rings. The minimum Gasteiger partial charge on any atom is -0.300 e. The van der Waals surface area contributed by atoms with Crippen molar-refractivity contribution in [3.8, 4) is 10.6 Å². The highest BCUT2D eigenvalue weighted by molar-refractivity contribution is 7.18. The van der Waals surface area contributed by atoms with Crippen molar-refractivity contribution >= 4 is 22.4 Å². The number of amides is 1. The number of aromatic nitrogens is 3. The zero-order valence-corrected chi connectivity index (χ0v) is 12.0. The maximum Gasteiger partial charge on any atom is 0.403 e. The van der Waals surface area contributed by atoms with Crippen LogP contribution >= 0.6 is 11.3 Å². The van der Waals surface area contributed by atoms with Gasteiger partial charge in [-0.2, -0.15) is 13.2 Å². The lowest BCUT2D eigenvalue weighted by atomic mass is 9.67. The first kappa shape index (κ1) is 14.9. The van der Waals surface area contributed by atoms with E-state index >= 15 is 0 Å². The van der Waals surface area contributed by atoms with E-state index in [0.29, 0.717) is 11.4 Å². The molecule has 0 bridgehead atoms. The fraction of sp³-hybridized carbons (Fsp3) is 0.385. The molecule has 0 saturated heterocycles. The average molecular weight is 328 g/mol. The summed E-state index contributed by atoms with van der Waals surface area (Å²) in [4.78, 5) is 15.9. The van der Waals surface area contributed by atoms with Crippen LogP contribution in [-0.4, -0.2) is 27.3 Å². The molecule has 2 aromatic heterocycles. The number of pyridine rings is 1. The Morgan fingerprint density at radius 2 is 1.91 bits per heavy atom. The van der Waals surface area contributed by atoms with Crippen molar-refractivity contribution in [1.82, 2.24) is 15.2 Å². The van der Waals surface area contributed by atoms with Crippen molar-refractivity contribution in [3.63, 3.8) is 0 Å². The van der Waals surface area contributed by atoms with E-state index in [1.54, 1.807) is 24.5 Å². The lowest BCUT2D eigenvalue weighted by Crippen LogP contribution is -2.52. The van der Waals surface area contributed by atoms with Crippen LogP contribution in [0.15, 0.2) is 24.5 Å². The van der Waals surface area contributed by atoms with Crippen molar-refractivity contribution in [3.05, 3.63) is 24.5 Å². The quantitative estimate of drug-likeness (QED) is 0.939. The average Bonchev–Trinajstić information content (AvgIpc) is 2.85. The molecule has 1 saturated carbocycles. The number of anilines is 1. The summed E-state index contributed by atoms with van der Waals surface area (Å²) in [6, 6.07) is 3.41. The summed E-state index contributed by atoms with van der Waals surface area (Å²) in [5, 5.41) is 10.4. The fourth-order valence-electron chi connectivity index (χ4n) is 2.27. The molecule has 9 heteroatoms. The van der Waals surface area contributed by atoms with E-state index in [0.717, 1.165) is 16.9 Å². The first-order valence-corrected chi connectivity index (χ1v) is 7.36. The summed E-state index contributed by atoms with van der Waals surface area (Å²) in [6.07, 6.45) is -1.38. The normalized spacial score (nSPS) is 16.9. The summed E-state index contributed by atoms with van der Waals surface area (Å²) in [5.41, 5.74) is -1.54. The van der Waals surface area contributed by atoms with Crippen LogP contribution in [0.25, 0.3) is 10.6 Å². The second-order valence-electron chi connectivity index (χ2n) is 5.04. The third-order valence-electron chi connectivity index (χ3n) is 3.76. The summed E-state index contributed by atoms with van der Waals surface area (Å²) < 4.78 is 39.2. The highest BCUT2D eigenvalue weighted by Crippen LogP contribution is 2.53. The van der Waals surface area contributed by atoms with E-state index in [1.165, 1.54) is 0 Å². The SMILES string of the molecule is O=C(Nc1nnc(-c2ccncc2)s1)C1(C(F)(F)F)CCC1. The van der Waals surface area contributed by atoms with Gasteiger partial charge in [-0.25, -0.2) is 0 Å². The minimum absolute atomic E-state index is 0.0623. The molecule has 0 radical (unpaired) electrons. The van der Waals surface area contributed by atoms with Gasteiger partial charge in [0.15, 0.2) is 0 Å². The minimum atomic E-state index is -4.55. The molecule has 2 heterocycles. The monoisotopic (exact) mass is 328 g/mol. The van der Waals surface area contributed by atoms with Crippen molar-refractivity contribution in [1.29, 1.82) is 0 Å². The van der Waals surface area contributed by atoms with E-state index in [4.69, 9.17) is 0 Å². The standard InChI is InChI=1S/C13H11F3N4OS/c14-13(15,16)12(4-1-5-12)10(21)18-11-20-19-9(22-11)8-2-6-17-7-3-8/h2-3,6-7H,1,4-5H2,(H,18,20,21). The Labute approximate surface area is 127 Å². The Kier molecular flexibility index (Phi) is 3.59. The van der Waals surface area contributed by atoms with E-state index in [-0.39, 0.29) is 18.0 Å². The number of hydrogen-bond acceptors (Lipinski definition) is 5. The highest BCUT2D eigenvalue weighted by Gasteiger charge is 2.63. The van der Waals surface area contributed by atoms with Crippen LogP contribution in [0.2, 0.25) is 0 Å². The predicted octanol–water partition coefficient (Wildman–Crippen LogP) is 3.27. The second-order valence-corrected chi connectivity index (χ2v) is 6.01. The summed E-state index contributed by atoms with van der Waals surface area (Å²) in [7, 11) is 0. The number of rotatable bonds is 3. The third-order valence-corrected chi connectivity index (χ3v) is 4.64. The van der Waals surface area contributed by atoms with Crippen molar-refractivity contribution in [2.45, 2.75) is 25.4 Å². The molecular weight excluding hydrogens is 317 g/mol. The van der Waals surface area contributed by atoms with Crippen LogP contribution in [-0.2, 0) is 4.79 Å². The molecule has 3 rings (SSSR count). The molecular formula is C13H11F3N4OS. The third kappa shape index (κ3) is 2.45. The van der Waals surface area contributed by atoms with Crippen LogP contribution in [0.3, 0.4) is 0 Å². The lowest BCUT2D eigenvalue weighted by molar-refractivity contribution is -0.240. The van der Waals surface area contributed by atoms with Gasteiger partial charge < -0.3 is 0 Å². The Hall–Kier alpha value is -2.03. The highest BCUT2D eigenvalue weighted by atomic mass is 32.1. The lowest BCUT2D eigenvalue weighted by Gasteiger charge is -2.40. The molecule has 0 atom stereocenters. The fourth-order valence-corrected chi connectivity index (χ4v) is 3.02. The smallest absolute Gasteiger partial charge is 0.300 e. The number of carbonyl (C=O) groups excluding carboxylic acids is 1. The largest absolute Gasteiger partial charge is 0.403 e. The molecule has 1 aliphatic carbocycles. The topological polar surface area (TPSA) is 67.8 Å². The van der Waals surface area contributed by atoms with Crippen molar-refractivity contribution < 1.29 is 18.0 Å². The Bertz CT molecular complexity index is 682.